The molecule has 1 unspecified atom stereocenters. The molecule has 0 saturated heterocycles. The van der Waals surface area contributed by atoms with Crippen LogP contribution in [0.5, 0.6) is 11.5 Å². The SMILES string of the molecule is COCC(C)NC(=O)CN(c1ccc2c(c1)OCO2)S(C)(=O)=O. The lowest BCUT2D eigenvalue weighted by Gasteiger charge is -2.23. The monoisotopic (exact) mass is 344 g/mol. The summed E-state index contributed by atoms with van der Waals surface area (Å²) in [6.45, 7) is 1.88. The van der Waals surface area contributed by atoms with E-state index in [2.05, 4.69) is 5.32 Å². The third-order valence-corrected chi connectivity index (χ3v) is 4.30. The van der Waals surface area contributed by atoms with Crippen LogP contribution in [0.15, 0.2) is 18.2 Å². The van der Waals surface area contributed by atoms with Gasteiger partial charge in [-0.05, 0) is 19.1 Å². The molecule has 8 nitrogen and oxygen atoms in total. The van der Waals surface area contributed by atoms with E-state index in [9.17, 15) is 13.2 Å². The third-order valence-electron chi connectivity index (χ3n) is 3.16. The molecule has 1 atom stereocenters. The van der Waals surface area contributed by atoms with E-state index in [0.717, 1.165) is 10.6 Å². The summed E-state index contributed by atoms with van der Waals surface area (Å²) in [5.74, 6) is 0.572. The van der Waals surface area contributed by atoms with E-state index in [0.29, 0.717) is 23.8 Å². The Morgan fingerprint density at radius 3 is 2.74 bits per heavy atom. The van der Waals surface area contributed by atoms with Crippen LogP contribution in [-0.2, 0) is 19.6 Å². The molecule has 0 aliphatic carbocycles. The summed E-state index contributed by atoms with van der Waals surface area (Å²) in [6, 6.07) is 4.50. The fourth-order valence-electron chi connectivity index (χ4n) is 2.18. The number of hydrogen-bond donors (Lipinski definition) is 1. The number of fused-ring (bicyclic) bond motifs is 1. The first-order valence-electron chi connectivity index (χ1n) is 6.97. The summed E-state index contributed by atoms with van der Waals surface area (Å²) in [7, 11) is -2.11. The van der Waals surface area contributed by atoms with E-state index < -0.39 is 15.9 Å². The van der Waals surface area contributed by atoms with Crippen molar-refractivity contribution in [2.24, 2.45) is 0 Å². The van der Waals surface area contributed by atoms with Gasteiger partial charge in [0.15, 0.2) is 11.5 Å². The molecule has 9 heteroatoms. The van der Waals surface area contributed by atoms with E-state index in [4.69, 9.17) is 14.2 Å². The van der Waals surface area contributed by atoms with Gasteiger partial charge in [-0.15, -0.1) is 0 Å². The predicted molar refractivity (Wildman–Crippen MR) is 84.2 cm³/mol. The van der Waals surface area contributed by atoms with Crippen molar-refractivity contribution in [1.29, 1.82) is 0 Å². The first-order valence-corrected chi connectivity index (χ1v) is 8.81. The van der Waals surface area contributed by atoms with Crippen LogP contribution in [0.25, 0.3) is 0 Å². The molecule has 0 spiro atoms. The Labute approximate surface area is 135 Å². The van der Waals surface area contributed by atoms with Gasteiger partial charge >= 0.3 is 0 Å². The number of sulfonamides is 1. The normalized spacial score (nSPS) is 14.4. The lowest BCUT2D eigenvalue weighted by Crippen LogP contribution is -2.44. The number of nitrogens with one attached hydrogen (secondary N) is 1. The minimum Gasteiger partial charge on any atom is -0.454 e. The molecule has 1 aliphatic heterocycles. The number of rotatable bonds is 7. The smallest absolute Gasteiger partial charge is 0.241 e. The van der Waals surface area contributed by atoms with Crippen molar-refractivity contribution < 1.29 is 27.4 Å². The Balaban J connectivity index is 2.17. The molecule has 2 rings (SSSR count). The summed E-state index contributed by atoms with van der Waals surface area (Å²) in [5.41, 5.74) is 0.339. The van der Waals surface area contributed by atoms with Crippen LogP contribution in [0.3, 0.4) is 0 Å². The molecule has 1 aromatic rings. The van der Waals surface area contributed by atoms with Gasteiger partial charge in [-0.3, -0.25) is 9.10 Å². The van der Waals surface area contributed by atoms with Crippen molar-refractivity contribution in [3.05, 3.63) is 18.2 Å². The Bertz CT molecular complexity index is 676. The number of ether oxygens (including phenoxy) is 3. The molecule has 1 aliphatic rings. The van der Waals surface area contributed by atoms with Gasteiger partial charge in [0.25, 0.3) is 0 Å². The quantitative estimate of drug-likeness (QED) is 0.766. The molecule has 1 aromatic carbocycles. The standard InChI is InChI=1S/C14H20N2O6S/c1-10(8-20-2)15-14(17)7-16(23(3,18)19)11-4-5-12-13(6-11)22-9-21-12/h4-6,10H,7-9H2,1-3H3,(H,15,17). The second-order valence-electron chi connectivity index (χ2n) is 5.23. The number of benzene rings is 1. The van der Waals surface area contributed by atoms with E-state index in [1.54, 1.807) is 19.1 Å². The summed E-state index contributed by atoms with van der Waals surface area (Å²) in [5, 5.41) is 2.68. The van der Waals surface area contributed by atoms with Crippen LogP contribution >= 0.6 is 0 Å². The largest absolute Gasteiger partial charge is 0.454 e. The zero-order valence-electron chi connectivity index (χ0n) is 13.2. The Hall–Kier alpha value is -2.00. The Kier molecular flexibility index (Phi) is 5.32. The van der Waals surface area contributed by atoms with Gasteiger partial charge < -0.3 is 19.5 Å². The van der Waals surface area contributed by atoms with E-state index in [-0.39, 0.29) is 19.4 Å². The van der Waals surface area contributed by atoms with Crippen molar-refractivity contribution in [2.75, 3.05) is 37.6 Å². The van der Waals surface area contributed by atoms with E-state index in [1.807, 2.05) is 0 Å². The molecular weight excluding hydrogens is 324 g/mol. The maximum absolute atomic E-state index is 12.1. The van der Waals surface area contributed by atoms with Crippen LogP contribution in [0, 0.1) is 0 Å². The second-order valence-corrected chi connectivity index (χ2v) is 7.14. The number of amides is 1. The predicted octanol–water partition coefficient (Wildman–Crippen LogP) is 0.332. The number of methoxy groups -OCH3 is 1. The van der Waals surface area contributed by atoms with Gasteiger partial charge in [-0.1, -0.05) is 0 Å². The highest BCUT2D eigenvalue weighted by molar-refractivity contribution is 7.92. The van der Waals surface area contributed by atoms with Crippen LogP contribution < -0.4 is 19.1 Å². The fraction of sp³-hybridized carbons (Fsp3) is 0.500. The van der Waals surface area contributed by atoms with Crippen molar-refractivity contribution in [1.82, 2.24) is 5.32 Å². The third kappa shape index (κ3) is 4.49. The van der Waals surface area contributed by atoms with Gasteiger partial charge in [0.2, 0.25) is 22.7 Å². The minimum absolute atomic E-state index is 0.0900. The number of carbonyl (C=O) groups is 1. The first-order chi connectivity index (χ1) is 10.8. The Morgan fingerprint density at radius 2 is 2.09 bits per heavy atom. The topological polar surface area (TPSA) is 94.2 Å². The zero-order chi connectivity index (χ0) is 17.0. The molecule has 23 heavy (non-hydrogen) atoms. The summed E-state index contributed by atoms with van der Waals surface area (Å²) < 4.78 is 40.4. The molecule has 1 N–H and O–H groups in total. The van der Waals surface area contributed by atoms with Crippen LogP contribution in [0.4, 0.5) is 5.69 Å². The molecule has 0 radical (unpaired) electrons. The highest BCUT2D eigenvalue weighted by Crippen LogP contribution is 2.35. The number of hydrogen-bond acceptors (Lipinski definition) is 6. The van der Waals surface area contributed by atoms with Crippen molar-refractivity contribution in [3.63, 3.8) is 0 Å². The lowest BCUT2D eigenvalue weighted by molar-refractivity contribution is -0.120. The molecule has 0 bridgehead atoms. The van der Waals surface area contributed by atoms with Crippen molar-refractivity contribution >= 4 is 21.6 Å². The molecule has 128 valence electrons. The highest BCUT2D eigenvalue weighted by atomic mass is 32.2. The zero-order valence-corrected chi connectivity index (χ0v) is 14.1. The number of nitrogens with zero attached hydrogens (tertiary/aromatic N) is 1. The summed E-state index contributed by atoms with van der Waals surface area (Å²) in [6.07, 6.45) is 1.05. The van der Waals surface area contributed by atoms with Crippen LogP contribution in [0.1, 0.15) is 6.92 Å². The summed E-state index contributed by atoms with van der Waals surface area (Å²) in [4.78, 5) is 12.1. The molecule has 0 fully saturated rings. The first kappa shape index (κ1) is 17.4. The highest BCUT2D eigenvalue weighted by Gasteiger charge is 2.24. The fourth-order valence-corrected chi connectivity index (χ4v) is 3.03. The average molecular weight is 344 g/mol. The number of anilines is 1. The molecule has 1 amide bonds. The molecular formula is C14H20N2O6S. The van der Waals surface area contributed by atoms with Gasteiger partial charge in [0.1, 0.15) is 6.54 Å². The van der Waals surface area contributed by atoms with Crippen LogP contribution in [0.2, 0.25) is 0 Å². The van der Waals surface area contributed by atoms with Gasteiger partial charge in [0.05, 0.1) is 18.6 Å². The van der Waals surface area contributed by atoms with Crippen molar-refractivity contribution in [3.8, 4) is 11.5 Å². The number of carbonyl (C=O) groups excluding carboxylic acids is 1. The van der Waals surface area contributed by atoms with Gasteiger partial charge in [-0.25, -0.2) is 8.42 Å². The second kappa shape index (κ2) is 7.05. The lowest BCUT2D eigenvalue weighted by atomic mass is 10.2. The molecule has 0 saturated carbocycles. The maximum atomic E-state index is 12.1. The van der Waals surface area contributed by atoms with E-state index >= 15 is 0 Å². The molecule has 1 heterocycles. The Morgan fingerprint density at radius 1 is 1.39 bits per heavy atom. The molecule has 0 aromatic heterocycles. The van der Waals surface area contributed by atoms with Gasteiger partial charge in [0, 0.05) is 19.2 Å². The average Bonchev–Trinajstić information content (AvgIpc) is 2.91. The van der Waals surface area contributed by atoms with Gasteiger partial charge in [-0.2, -0.15) is 0 Å². The van der Waals surface area contributed by atoms with Crippen molar-refractivity contribution in [2.45, 2.75) is 13.0 Å². The van der Waals surface area contributed by atoms with E-state index in [1.165, 1.54) is 13.2 Å². The summed E-state index contributed by atoms with van der Waals surface area (Å²) >= 11 is 0. The van der Waals surface area contributed by atoms with Crippen LogP contribution in [-0.4, -0.2) is 53.7 Å². The minimum atomic E-state index is -3.63. The maximum Gasteiger partial charge on any atom is 0.241 e.